The number of nitrogens with two attached hydrogens (primary N) is 1. The molecule has 1 aliphatic rings. The zero-order chi connectivity index (χ0) is 21.7. The average Bonchev–Trinajstić information content (AvgIpc) is 2.81. The van der Waals surface area contributed by atoms with Crippen LogP contribution in [-0.2, 0) is 20.8 Å². The van der Waals surface area contributed by atoms with E-state index in [1.165, 1.54) is 12.1 Å². The summed E-state index contributed by atoms with van der Waals surface area (Å²) >= 11 is 0. The van der Waals surface area contributed by atoms with Crippen molar-refractivity contribution >= 4 is 17.8 Å². The minimum Gasteiger partial charge on any atom is -0.378 e. The van der Waals surface area contributed by atoms with E-state index in [0.717, 1.165) is 5.56 Å². The molecule has 0 spiro atoms. The van der Waals surface area contributed by atoms with Gasteiger partial charge in [0, 0.05) is 32.7 Å². The van der Waals surface area contributed by atoms with Gasteiger partial charge in [0.25, 0.3) is 0 Å². The standard InChI is InChI=1S/C20H30FN7O3/c21-17-3-1-16(2-4-17)15-24-19-25-18(23-6-10-30-14-13-29-9-5-22)26-20(27-19)28-7-11-31-12-8-28/h1-4H,5-15,22H2,(H2,23,24,25,26,27). The number of hydrogen-bond donors (Lipinski definition) is 3. The first-order valence-electron chi connectivity index (χ1n) is 10.4. The van der Waals surface area contributed by atoms with E-state index in [2.05, 4.69) is 30.5 Å². The van der Waals surface area contributed by atoms with Gasteiger partial charge in [-0.05, 0) is 17.7 Å². The molecule has 1 aromatic heterocycles. The SMILES string of the molecule is NCCOCCOCCNc1nc(NCc2ccc(F)cc2)nc(N2CCOCC2)n1. The van der Waals surface area contributed by atoms with Crippen LogP contribution >= 0.6 is 0 Å². The van der Waals surface area contributed by atoms with Crippen molar-refractivity contribution in [2.75, 3.05) is 81.4 Å². The molecular weight excluding hydrogens is 405 g/mol. The van der Waals surface area contributed by atoms with E-state index in [4.69, 9.17) is 19.9 Å². The van der Waals surface area contributed by atoms with E-state index in [9.17, 15) is 4.39 Å². The average molecular weight is 436 g/mol. The molecule has 31 heavy (non-hydrogen) atoms. The third-order valence-electron chi connectivity index (χ3n) is 4.45. The predicted octanol–water partition coefficient (Wildman–Crippen LogP) is 0.863. The van der Waals surface area contributed by atoms with Crippen molar-refractivity contribution in [2.24, 2.45) is 5.73 Å². The number of aromatic nitrogens is 3. The van der Waals surface area contributed by atoms with Crippen LogP contribution in [0.25, 0.3) is 0 Å². The Morgan fingerprint density at radius 2 is 1.61 bits per heavy atom. The van der Waals surface area contributed by atoms with Crippen molar-refractivity contribution in [1.29, 1.82) is 0 Å². The van der Waals surface area contributed by atoms with E-state index in [1.807, 2.05) is 0 Å². The Morgan fingerprint density at radius 3 is 2.32 bits per heavy atom. The van der Waals surface area contributed by atoms with Crippen molar-refractivity contribution in [1.82, 2.24) is 15.0 Å². The largest absolute Gasteiger partial charge is 0.378 e. The molecule has 0 radical (unpaired) electrons. The van der Waals surface area contributed by atoms with Crippen molar-refractivity contribution in [3.63, 3.8) is 0 Å². The highest BCUT2D eigenvalue weighted by Gasteiger charge is 2.16. The lowest BCUT2D eigenvalue weighted by atomic mass is 10.2. The van der Waals surface area contributed by atoms with Crippen LogP contribution in [0.1, 0.15) is 5.56 Å². The minimum atomic E-state index is -0.266. The molecule has 0 bridgehead atoms. The molecule has 1 aromatic carbocycles. The lowest BCUT2D eigenvalue weighted by molar-refractivity contribution is 0.0547. The molecule has 10 nitrogen and oxygen atoms in total. The first-order chi connectivity index (χ1) is 15.2. The Bertz CT molecular complexity index is 776. The number of benzene rings is 1. The molecule has 0 saturated carbocycles. The number of halogens is 1. The molecule has 1 aliphatic heterocycles. The van der Waals surface area contributed by atoms with Crippen LogP contribution in [0.15, 0.2) is 24.3 Å². The molecule has 0 unspecified atom stereocenters. The molecule has 11 heteroatoms. The van der Waals surface area contributed by atoms with E-state index < -0.39 is 0 Å². The Labute approximate surface area is 181 Å². The van der Waals surface area contributed by atoms with Crippen molar-refractivity contribution in [3.8, 4) is 0 Å². The number of anilines is 3. The summed E-state index contributed by atoms with van der Waals surface area (Å²) in [5.74, 6) is 1.22. The smallest absolute Gasteiger partial charge is 0.232 e. The van der Waals surface area contributed by atoms with Gasteiger partial charge in [0.2, 0.25) is 17.8 Å². The van der Waals surface area contributed by atoms with Gasteiger partial charge >= 0.3 is 0 Å². The maximum absolute atomic E-state index is 13.1. The van der Waals surface area contributed by atoms with Gasteiger partial charge in [-0.15, -0.1) is 0 Å². The Balaban J connectivity index is 1.56. The highest BCUT2D eigenvalue weighted by molar-refractivity contribution is 5.44. The molecule has 4 N–H and O–H groups in total. The first kappa shape index (κ1) is 23.1. The quantitative estimate of drug-likeness (QED) is 0.391. The number of rotatable bonds is 13. The third-order valence-corrected chi connectivity index (χ3v) is 4.45. The summed E-state index contributed by atoms with van der Waals surface area (Å²) in [5.41, 5.74) is 6.29. The van der Waals surface area contributed by atoms with Gasteiger partial charge in [-0.3, -0.25) is 0 Å². The second-order valence-corrected chi connectivity index (χ2v) is 6.80. The molecule has 3 rings (SSSR count). The summed E-state index contributed by atoms with van der Waals surface area (Å²) < 4.78 is 29.3. The van der Waals surface area contributed by atoms with Gasteiger partial charge < -0.3 is 35.5 Å². The number of nitrogens with one attached hydrogen (secondary N) is 2. The van der Waals surface area contributed by atoms with Crippen molar-refractivity contribution < 1.29 is 18.6 Å². The van der Waals surface area contributed by atoms with Gasteiger partial charge in [0.05, 0.1) is 39.6 Å². The predicted molar refractivity (Wildman–Crippen MR) is 116 cm³/mol. The summed E-state index contributed by atoms with van der Waals surface area (Å²) in [6, 6.07) is 6.30. The summed E-state index contributed by atoms with van der Waals surface area (Å²) in [7, 11) is 0. The second kappa shape index (κ2) is 13.0. The van der Waals surface area contributed by atoms with Crippen LogP contribution in [0.3, 0.4) is 0 Å². The maximum atomic E-state index is 13.1. The molecule has 2 aromatic rings. The molecule has 0 amide bonds. The van der Waals surface area contributed by atoms with Gasteiger partial charge in [0.1, 0.15) is 5.82 Å². The fourth-order valence-electron chi connectivity index (χ4n) is 2.85. The molecule has 2 heterocycles. The van der Waals surface area contributed by atoms with E-state index in [-0.39, 0.29) is 5.82 Å². The molecular formula is C20H30FN7O3. The van der Waals surface area contributed by atoms with Crippen molar-refractivity contribution in [2.45, 2.75) is 6.54 Å². The summed E-state index contributed by atoms with van der Waals surface area (Å²) in [6.45, 7) is 6.25. The third kappa shape index (κ3) is 8.21. The van der Waals surface area contributed by atoms with Crippen LogP contribution in [0.5, 0.6) is 0 Å². The van der Waals surface area contributed by atoms with Crippen LogP contribution < -0.4 is 21.3 Å². The van der Waals surface area contributed by atoms with Crippen molar-refractivity contribution in [3.05, 3.63) is 35.6 Å². The highest BCUT2D eigenvalue weighted by Crippen LogP contribution is 2.16. The first-order valence-corrected chi connectivity index (χ1v) is 10.4. The number of ether oxygens (including phenoxy) is 3. The van der Waals surface area contributed by atoms with Gasteiger partial charge in [-0.2, -0.15) is 15.0 Å². The highest BCUT2D eigenvalue weighted by atomic mass is 19.1. The van der Waals surface area contributed by atoms with Crippen LogP contribution in [-0.4, -0.2) is 80.8 Å². The lowest BCUT2D eigenvalue weighted by Crippen LogP contribution is -2.37. The van der Waals surface area contributed by atoms with Crippen LogP contribution in [0.2, 0.25) is 0 Å². The number of nitrogens with zero attached hydrogens (tertiary/aromatic N) is 4. The van der Waals surface area contributed by atoms with Gasteiger partial charge in [-0.25, -0.2) is 4.39 Å². The van der Waals surface area contributed by atoms with E-state index in [1.54, 1.807) is 12.1 Å². The van der Waals surface area contributed by atoms with E-state index in [0.29, 0.717) is 90.2 Å². The monoisotopic (exact) mass is 435 g/mol. The Morgan fingerprint density at radius 1 is 0.935 bits per heavy atom. The molecule has 1 fully saturated rings. The zero-order valence-corrected chi connectivity index (χ0v) is 17.6. The fourth-order valence-corrected chi connectivity index (χ4v) is 2.85. The second-order valence-electron chi connectivity index (χ2n) is 6.80. The molecule has 170 valence electrons. The topological polar surface area (TPSA) is 120 Å². The Kier molecular flexibility index (Phi) is 9.64. The van der Waals surface area contributed by atoms with Gasteiger partial charge in [-0.1, -0.05) is 12.1 Å². The summed E-state index contributed by atoms with van der Waals surface area (Å²) in [4.78, 5) is 15.6. The maximum Gasteiger partial charge on any atom is 0.232 e. The molecule has 1 saturated heterocycles. The molecule has 0 aliphatic carbocycles. The van der Waals surface area contributed by atoms with Crippen LogP contribution in [0, 0.1) is 5.82 Å². The Hall–Kier alpha value is -2.60. The number of hydrogen-bond acceptors (Lipinski definition) is 10. The van der Waals surface area contributed by atoms with E-state index >= 15 is 0 Å². The molecule has 0 atom stereocenters. The summed E-state index contributed by atoms with van der Waals surface area (Å²) in [6.07, 6.45) is 0. The van der Waals surface area contributed by atoms with Gasteiger partial charge in [0.15, 0.2) is 0 Å². The lowest BCUT2D eigenvalue weighted by Gasteiger charge is -2.27. The van der Waals surface area contributed by atoms with Crippen LogP contribution in [0.4, 0.5) is 22.2 Å². The minimum absolute atomic E-state index is 0.266. The number of morpholine rings is 1. The normalized spacial score (nSPS) is 13.9. The zero-order valence-electron chi connectivity index (χ0n) is 17.6. The fraction of sp³-hybridized carbons (Fsp3) is 0.550. The summed E-state index contributed by atoms with van der Waals surface area (Å²) in [5, 5.41) is 6.37.